The van der Waals surface area contributed by atoms with Crippen molar-refractivity contribution in [2.24, 2.45) is 5.73 Å². The number of halogens is 3. The Bertz CT molecular complexity index is 602. The molecule has 0 spiro atoms. The largest absolute Gasteiger partial charge is 0.324 e. The van der Waals surface area contributed by atoms with Gasteiger partial charge in [0.2, 0.25) is 0 Å². The lowest BCUT2D eigenvalue weighted by Gasteiger charge is -2.13. The summed E-state index contributed by atoms with van der Waals surface area (Å²) in [6.07, 6.45) is 0. The van der Waals surface area contributed by atoms with Gasteiger partial charge in [0.1, 0.15) is 0 Å². The maximum atomic E-state index is 13.2. The predicted molar refractivity (Wildman–Crippen MR) is 77.2 cm³/mol. The van der Waals surface area contributed by atoms with Gasteiger partial charge in [0.15, 0.2) is 11.6 Å². The molecule has 0 aliphatic carbocycles. The number of rotatable bonds is 3. The third-order valence-electron chi connectivity index (χ3n) is 2.58. The Kier molecular flexibility index (Phi) is 4.60. The molecule has 2 aromatic rings. The summed E-state index contributed by atoms with van der Waals surface area (Å²) in [6.45, 7) is 1.89. The Labute approximate surface area is 123 Å². The zero-order valence-corrected chi connectivity index (χ0v) is 12.6. The Morgan fingerprint density at radius 3 is 2.47 bits per heavy atom. The Morgan fingerprint density at radius 2 is 1.84 bits per heavy atom. The van der Waals surface area contributed by atoms with Crippen LogP contribution < -0.4 is 5.73 Å². The molecular formula is C14H12BrF2NS. The quantitative estimate of drug-likeness (QED) is 0.857. The van der Waals surface area contributed by atoms with Crippen LogP contribution in [0, 0.1) is 11.6 Å². The van der Waals surface area contributed by atoms with Gasteiger partial charge < -0.3 is 5.73 Å². The average molecular weight is 344 g/mol. The molecule has 0 radical (unpaired) electrons. The third kappa shape index (κ3) is 3.55. The van der Waals surface area contributed by atoms with Gasteiger partial charge in [-0.15, -0.1) is 0 Å². The smallest absolute Gasteiger partial charge is 0.159 e. The van der Waals surface area contributed by atoms with Gasteiger partial charge in [0.25, 0.3) is 0 Å². The molecule has 19 heavy (non-hydrogen) atoms. The lowest BCUT2D eigenvalue weighted by atomic mass is 10.1. The van der Waals surface area contributed by atoms with Gasteiger partial charge in [-0.2, -0.15) is 0 Å². The fourth-order valence-electron chi connectivity index (χ4n) is 1.64. The van der Waals surface area contributed by atoms with Gasteiger partial charge in [-0.3, -0.25) is 0 Å². The molecule has 1 nitrogen and oxygen atoms in total. The van der Waals surface area contributed by atoms with Crippen molar-refractivity contribution in [1.82, 2.24) is 0 Å². The first-order chi connectivity index (χ1) is 8.97. The minimum atomic E-state index is -0.843. The van der Waals surface area contributed by atoms with E-state index in [1.807, 2.05) is 25.1 Å². The van der Waals surface area contributed by atoms with Crippen molar-refractivity contribution in [3.05, 3.63) is 58.1 Å². The van der Waals surface area contributed by atoms with Crippen LogP contribution in [0.1, 0.15) is 18.5 Å². The first kappa shape index (κ1) is 14.5. The molecule has 1 atom stereocenters. The van der Waals surface area contributed by atoms with Crippen molar-refractivity contribution in [2.45, 2.75) is 22.8 Å². The highest BCUT2D eigenvalue weighted by Crippen LogP contribution is 2.34. The van der Waals surface area contributed by atoms with E-state index >= 15 is 0 Å². The summed E-state index contributed by atoms with van der Waals surface area (Å²) in [5, 5.41) is 0. The van der Waals surface area contributed by atoms with Crippen molar-refractivity contribution in [3.8, 4) is 0 Å². The second-order valence-electron chi connectivity index (χ2n) is 4.15. The topological polar surface area (TPSA) is 26.0 Å². The summed E-state index contributed by atoms with van der Waals surface area (Å²) < 4.78 is 27.0. The zero-order valence-electron chi connectivity index (χ0n) is 10.2. The highest BCUT2D eigenvalue weighted by atomic mass is 79.9. The van der Waals surface area contributed by atoms with E-state index in [2.05, 4.69) is 15.9 Å². The second kappa shape index (κ2) is 6.03. The van der Waals surface area contributed by atoms with E-state index in [1.54, 1.807) is 6.07 Å². The molecule has 1 unspecified atom stereocenters. The minimum Gasteiger partial charge on any atom is -0.324 e. The van der Waals surface area contributed by atoms with E-state index in [-0.39, 0.29) is 6.04 Å². The Balaban J connectivity index is 2.35. The second-order valence-corrected chi connectivity index (χ2v) is 6.18. The maximum Gasteiger partial charge on any atom is 0.159 e. The molecule has 2 rings (SSSR count). The van der Waals surface area contributed by atoms with Crippen molar-refractivity contribution in [3.63, 3.8) is 0 Å². The van der Waals surface area contributed by atoms with E-state index in [9.17, 15) is 8.78 Å². The molecule has 0 aliphatic rings. The fourth-order valence-corrected chi connectivity index (χ4v) is 3.07. The van der Waals surface area contributed by atoms with Crippen molar-refractivity contribution in [2.75, 3.05) is 0 Å². The Morgan fingerprint density at radius 1 is 1.11 bits per heavy atom. The molecule has 5 heteroatoms. The highest BCUT2D eigenvalue weighted by molar-refractivity contribution is 9.10. The molecule has 0 saturated heterocycles. The number of nitrogens with two attached hydrogens (primary N) is 1. The van der Waals surface area contributed by atoms with Crippen LogP contribution in [0.3, 0.4) is 0 Å². The zero-order chi connectivity index (χ0) is 14.0. The third-order valence-corrected chi connectivity index (χ3v) is 4.16. The normalized spacial score (nSPS) is 12.5. The van der Waals surface area contributed by atoms with Gasteiger partial charge in [-0.25, -0.2) is 8.78 Å². The lowest BCUT2D eigenvalue weighted by molar-refractivity contribution is 0.506. The van der Waals surface area contributed by atoms with Gasteiger partial charge in [-0.05, 0) is 48.9 Å². The lowest BCUT2D eigenvalue weighted by Crippen LogP contribution is -2.06. The summed E-state index contributed by atoms with van der Waals surface area (Å²) >= 11 is 4.76. The molecule has 100 valence electrons. The molecule has 0 heterocycles. The number of benzene rings is 2. The molecule has 2 aromatic carbocycles. The SMILES string of the molecule is CC(N)c1cc(Br)ccc1Sc1ccc(F)c(F)c1. The summed E-state index contributed by atoms with van der Waals surface area (Å²) in [6, 6.07) is 9.48. The van der Waals surface area contributed by atoms with Gasteiger partial charge in [0, 0.05) is 20.3 Å². The number of hydrogen-bond donors (Lipinski definition) is 1. The van der Waals surface area contributed by atoms with Gasteiger partial charge in [-0.1, -0.05) is 27.7 Å². The summed E-state index contributed by atoms with van der Waals surface area (Å²) in [7, 11) is 0. The van der Waals surface area contributed by atoms with Crippen LogP contribution in [0.4, 0.5) is 8.78 Å². The van der Waals surface area contributed by atoms with E-state index in [1.165, 1.54) is 17.8 Å². The molecule has 0 aromatic heterocycles. The maximum absolute atomic E-state index is 13.2. The van der Waals surface area contributed by atoms with Crippen molar-refractivity contribution < 1.29 is 8.78 Å². The monoisotopic (exact) mass is 343 g/mol. The van der Waals surface area contributed by atoms with Crippen LogP contribution in [-0.2, 0) is 0 Å². The van der Waals surface area contributed by atoms with Crippen molar-refractivity contribution in [1.29, 1.82) is 0 Å². The van der Waals surface area contributed by atoms with Crippen LogP contribution in [0.2, 0.25) is 0 Å². The van der Waals surface area contributed by atoms with E-state index < -0.39 is 11.6 Å². The summed E-state index contributed by atoms with van der Waals surface area (Å²) in [4.78, 5) is 1.58. The fraction of sp³-hybridized carbons (Fsp3) is 0.143. The van der Waals surface area contributed by atoms with Gasteiger partial charge in [0.05, 0.1) is 0 Å². The van der Waals surface area contributed by atoms with Crippen LogP contribution in [0.5, 0.6) is 0 Å². The summed E-state index contributed by atoms with van der Waals surface area (Å²) in [5.41, 5.74) is 6.88. The first-order valence-electron chi connectivity index (χ1n) is 5.65. The van der Waals surface area contributed by atoms with Gasteiger partial charge >= 0.3 is 0 Å². The first-order valence-corrected chi connectivity index (χ1v) is 7.26. The molecule has 0 saturated carbocycles. The van der Waals surface area contributed by atoms with Crippen LogP contribution in [0.25, 0.3) is 0 Å². The van der Waals surface area contributed by atoms with E-state index in [0.717, 1.165) is 21.0 Å². The highest BCUT2D eigenvalue weighted by Gasteiger charge is 2.10. The molecule has 0 amide bonds. The molecule has 0 fully saturated rings. The predicted octanol–water partition coefficient (Wildman–Crippen LogP) is 4.90. The summed E-state index contributed by atoms with van der Waals surface area (Å²) in [5.74, 6) is -1.68. The molecule has 2 N–H and O–H groups in total. The standard InChI is InChI=1S/C14H12BrF2NS/c1-8(18)11-6-9(15)2-5-14(11)19-10-3-4-12(16)13(17)7-10/h2-8H,18H2,1H3. The van der Waals surface area contributed by atoms with Crippen LogP contribution in [0.15, 0.2) is 50.7 Å². The minimum absolute atomic E-state index is 0.134. The van der Waals surface area contributed by atoms with E-state index in [4.69, 9.17) is 5.73 Å². The Hall–Kier alpha value is -0.910. The van der Waals surface area contributed by atoms with Crippen LogP contribution >= 0.6 is 27.7 Å². The molecular weight excluding hydrogens is 332 g/mol. The van der Waals surface area contributed by atoms with Crippen molar-refractivity contribution >= 4 is 27.7 Å². The average Bonchev–Trinajstić information content (AvgIpc) is 2.36. The van der Waals surface area contributed by atoms with E-state index in [0.29, 0.717) is 4.90 Å². The van der Waals surface area contributed by atoms with Crippen LogP contribution in [-0.4, -0.2) is 0 Å². The molecule has 0 bridgehead atoms. The number of hydrogen-bond acceptors (Lipinski definition) is 2. The molecule has 0 aliphatic heterocycles.